The number of rotatable bonds is 2. The zero-order chi connectivity index (χ0) is 15.9. The molecule has 9 heteroatoms. The van der Waals surface area contributed by atoms with Crippen LogP contribution in [-0.2, 0) is 6.18 Å². The molecule has 0 spiro atoms. The fourth-order valence-electron chi connectivity index (χ4n) is 2.02. The molecule has 0 fully saturated rings. The minimum absolute atomic E-state index is 0.219. The molecule has 0 amide bonds. The van der Waals surface area contributed by atoms with Crippen molar-refractivity contribution in [1.29, 1.82) is 0 Å². The van der Waals surface area contributed by atoms with Crippen LogP contribution in [0.5, 0.6) is 0 Å². The van der Waals surface area contributed by atoms with E-state index in [9.17, 15) is 13.2 Å². The summed E-state index contributed by atoms with van der Waals surface area (Å²) in [5.74, 6) is 0.219. The summed E-state index contributed by atoms with van der Waals surface area (Å²) in [5, 5.41) is 7.50. The van der Waals surface area contributed by atoms with Gasteiger partial charge in [0.25, 0.3) is 0 Å². The zero-order valence-electron chi connectivity index (χ0n) is 11.1. The summed E-state index contributed by atoms with van der Waals surface area (Å²) in [7, 11) is 0. The van der Waals surface area contributed by atoms with E-state index in [1.54, 1.807) is 18.2 Å². The summed E-state index contributed by atoms with van der Waals surface area (Å²) in [6, 6.07) is 5.11. The summed E-state index contributed by atoms with van der Waals surface area (Å²) >= 11 is 3.33. The third-order valence-electron chi connectivity index (χ3n) is 2.98. The third-order valence-corrected chi connectivity index (χ3v) is 3.47. The van der Waals surface area contributed by atoms with Crippen molar-refractivity contribution in [3.8, 4) is 11.4 Å². The van der Waals surface area contributed by atoms with Crippen molar-refractivity contribution >= 4 is 15.9 Å². The first kappa shape index (κ1) is 14.8. The summed E-state index contributed by atoms with van der Waals surface area (Å²) < 4.78 is 41.9. The summed E-state index contributed by atoms with van der Waals surface area (Å²) in [6.45, 7) is 1.51. The van der Waals surface area contributed by atoms with Crippen LogP contribution in [0.1, 0.15) is 11.5 Å². The van der Waals surface area contributed by atoms with E-state index >= 15 is 0 Å². The first-order chi connectivity index (χ1) is 10.4. The molecule has 0 saturated carbocycles. The number of halogens is 4. The Hall–Kier alpha value is -2.16. The third kappa shape index (κ3) is 2.63. The molecule has 0 aliphatic carbocycles. The average molecular weight is 371 g/mol. The number of alkyl halides is 3. The van der Waals surface area contributed by atoms with Crippen molar-refractivity contribution < 1.29 is 13.2 Å². The van der Waals surface area contributed by atoms with Crippen LogP contribution in [0, 0.1) is 13.1 Å². The molecule has 0 bridgehead atoms. The maximum Gasteiger partial charge on any atom is 0.434 e. The fourth-order valence-corrected chi connectivity index (χ4v) is 2.37. The summed E-state index contributed by atoms with van der Waals surface area (Å²) in [6.07, 6.45) is 0.595. The minimum Gasteiger partial charge on any atom is -0.301 e. The second-order valence-electron chi connectivity index (χ2n) is 4.45. The Bertz CT molecular complexity index is 808. The Labute approximate surface area is 131 Å². The van der Waals surface area contributed by atoms with E-state index in [1.165, 1.54) is 22.4 Å². The molecule has 3 aromatic rings. The van der Waals surface area contributed by atoms with Crippen LogP contribution in [-0.4, -0.2) is 24.5 Å². The topological polar surface area (TPSA) is 48.5 Å². The molecule has 1 aromatic carbocycles. The van der Waals surface area contributed by atoms with Gasteiger partial charge in [-0.1, -0.05) is 21.1 Å². The van der Waals surface area contributed by atoms with Gasteiger partial charge < -0.3 is 4.57 Å². The van der Waals surface area contributed by atoms with E-state index in [2.05, 4.69) is 37.4 Å². The zero-order valence-corrected chi connectivity index (χ0v) is 12.7. The number of aryl methyl sites for hydroxylation is 1. The van der Waals surface area contributed by atoms with Crippen molar-refractivity contribution in [3.63, 3.8) is 0 Å². The molecule has 0 saturated heterocycles. The van der Waals surface area contributed by atoms with Gasteiger partial charge in [-0.15, -0.1) is 5.10 Å². The van der Waals surface area contributed by atoms with E-state index < -0.39 is 11.9 Å². The number of nitrogens with zero attached hydrogens (tertiary/aromatic N) is 5. The number of benzene rings is 1. The average Bonchev–Trinajstić information content (AvgIpc) is 3.07. The number of imidazole rings is 1. The van der Waals surface area contributed by atoms with E-state index in [0.29, 0.717) is 11.4 Å². The molecular formula is C13H8BrF3N5. The van der Waals surface area contributed by atoms with Gasteiger partial charge in [-0.05, 0) is 25.1 Å². The highest BCUT2D eigenvalue weighted by molar-refractivity contribution is 9.10. The lowest BCUT2D eigenvalue weighted by Gasteiger charge is -2.11. The van der Waals surface area contributed by atoms with Crippen LogP contribution in [0.2, 0.25) is 0 Å². The normalized spacial score (nSPS) is 11.9. The first-order valence-electron chi connectivity index (χ1n) is 6.08. The SMILES string of the molecule is Cc1nc(C(F)(F)F)cn1-c1ccc(Br)cc1-n1[c]cnn1. The second-order valence-corrected chi connectivity index (χ2v) is 5.36. The van der Waals surface area contributed by atoms with Gasteiger partial charge in [0, 0.05) is 10.7 Å². The van der Waals surface area contributed by atoms with Gasteiger partial charge in [0.2, 0.25) is 0 Å². The lowest BCUT2D eigenvalue weighted by atomic mass is 10.2. The molecule has 22 heavy (non-hydrogen) atoms. The van der Waals surface area contributed by atoms with Gasteiger partial charge in [0.05, 0.1) is 17.6 Å². The summed E-state index contributed by atoms with van der Waals surface area (Å²) in [5.41, 5.74) is 0.0768. The van der Waals surface area contributed by atoms with Crippen LogP contribution in [0.25, 0.3) is 11.4 Å². The Morgan fingerprint density at radius 1 is 1.23 bits per heavy atom. The number of aromatic nitrogens is 5. The smallest absolute Gasteiger partial charge is 0.301 e. The van der Waals surface area contributed by atoms with E-state index in [-0.39, 0.29) is 5.82 Å². The van der Waals surface area contributed by atoms with Crippen LogP contribution in [0.3, 0.4) is 0 Å². The minimum atomic E-state index is -4.50. The second kappa shape index (κ2) is 5.24. The van der Waals surface area contributed by atoms with Crippen molar-refractivity contribution in [1.82, 2.24) is 24.5 Å². The van der Waals surface area contributed by atoms with Crippen LogP contribution in [0.15, 0.2) is 35.1 Å². The predicted molar refractivity (Wildman–Crippen MR) is 74.8 cm³/mol. The largest absolute Gasteiger partial charge is 0.434 e. The van der Waals surface area contributed by atoms with Crippen molar-refractivity contribution in [2.45, 2.75) is 13.1 Å². The quantitative estimate of drug-likeness (QED) is 0.694. The molecule has 113 valence electrons. The molecule has 0 N–H and O–H groups in total. The molecule has 1 radical (unpaired) electrons. The van der Waals surface area contributed by atoms with Gasteiger partial charge in [-0.25, -0.2) is 9.67 Å². The summed E-state index contributed by atoms with van der Waals surface area (Å²) in [4.78, 5) is 3.57. The highest BCUT2D eigenvalue weighted by Gasteiger charge is 2.34. The van der Waals surface area contributed by atoms with Crippen LogP contribution < -0.4 is 0 Å². The van der Waals surface area contributed by atoms with Gasteiger partial charge in [0.15, 0.2) is 5.69 Å². The van der Waals surface area contributed by atoms with Gasteiger partial charge in [-0.3, -0.25) is 0 Å². The van der Waals surface area contributed by atoms with E-state index in [0.717, 1.165) is 10.7 Å². The highest BCUT2D eigenvalue weighted by Crippen LogP contribution is 2.31. The maximum absolute atomic E-state index is 12.8. The molecule has 0 atom stereocenters. The monoisotopic (exact) mass is 370 g/mol. The molecule has 3 rings (SSSR count). The Balaban J connectivity index is 2.19. The van der Waals surface area contributed by atoms with Gasteiger partial charge in [-0.2, -0.15) is 13.2 Å². The lowest BCUT2D eigenvalue weighted by molar-refractivity contribution is -0.141. The lowest BCUT2D eigenvalue weighted by Crippen LogP contribution is -2.06. The van der Waals surface area contributed by atoms with E-state index in [1.807, 2.05) is 0 Å². The van der Waals surface area contributed by atoms with Crippen molar-refractivity contribution in [2.24, 2.45) is 0 Å². The molecule has 5 nitrogen and oxygen atoms in total. The fraction of sp³-hybridized carbons (Fsp3) is 0.154. The van der Waals surface area contributed by atoms with Gasteiger partial charge in [0.1, 0.15) is 12.0 Å². The van der Waals surface area contributed by atoms with Crippen molar-refractivity contribution in [2.75, 3.05) is 0 Å². The van der Waals surface area contributed by atoms with Gasteiger partial charge >= 0.3 is 6.18 Å². The maximum atomic E-state index is 12.8. The van der Waals surface area contributed by atoms with E-state index in [4.69, 9.17) is 0 Å². The number of hydrogen-bond donors (Lipinski definition) is 0. The molecule has 2 aromatic heterocycles. The molecule has 2 heterocycles. The molecule has 0 aliphatic rings. The predicted octanol–water partition coefficient (Wildman–Crippen LogP) is 3.34. The van der Waals surface area contributed by atoms with Crippen LogP contribution >= 0.6 is 15.9 Å². The Morgan fingerprint density at radius 2 is 2.00 bits per heavy atom. The highest BCUT2D eigenvalue weighted by atomic mass is 79.9. The molecule has 0 unspecified atom stereocenters. The number of hydrogen-bond acceptors (Lipinski definition) is 3. The van der Waals surface area contributed by atoms with Crippen LogP contribution in [0.4, 0.5) is 13.2 Å². The first-order valence-corrected chi connectivity index (χ1v) is 6.87. The Morgan fingerprint density at radius 3 is 2.59 bits per heavy atom. The molecular weight excluding hydrogens is 363 g/mol. The van der Waals surface area contributed by atoms with Crippen molar-refractivity contribution in [3.05, 3.63) is 52.8 Å². The standard InChI is InChI=1S/C13H8BrF3N5/c1-8-19-12(13(15,16)17)7-21(8)10-3-2-9(14)6-11(10)22-5-4-18-20-22/h2-4,6-7H,1H3. The Kier molecular flexibility index (Phi) is 3.51. The molecule has 0 aliphatic heterocycles.